The molecule has 9 nitrogen and oxygen atoms in total. The first-order valence-electron chi connectivity index (χ1n) is 10.6. The predicted octanol–water partition coefficient (Wildman–Crippen LogP) is 5.69. The van der Waals surface area contributed by atoms with Gasteiger partial charge >= 0.3 is 10.3 Å². The van der Waals surface area contributed by atoms with Crippen molar-refractivity contribution in [1.82, 2.24) is 20.2 Å². The molecule has 0 aliphatic carbocycles. The standard InChI is InChI=1S/C22H20N6O3S5/c1-13-23-16(11-33-13)10-20-26-27-22(35-20)25-17(18-12-34-21(24-18)19-3-2-8-32-19)9-14-4-6-15(7-5-14)28-36(29,30)31/h2-8,11-12,17,28H,9-10H2,1H3,(H,25,27)(H,29,30,31)/t17-/m0/s1. The van der Waals surface area contributed by atoms with Crippen molar-refractivity contribution in [3.63, 3.8) is 0 Å². The van der Waals surface area contributed by atoms with Gasteiger partial charge in [-0.1, -0.05) is 29.5 Å². The van der Waals surface area contributed by atoms with E-state index < -0.39 is 10.3 Å². The van der Waals surface area contributed by atoms with Crippen LogP contribution in [0, 0.1) is 6.92 Å². The van der Waals surface area contributed by atoms with E-state index in [1.54, 1.807) is 46.1 Å². The van der Waals surface area contributed by atoms with Crippen LogP contribution >= 0.6 is 45.3 Å². The van der Waals surface area contributed by atoms with E-state index in [1.807, 2.05) is 47.3 Å². The lowest BCUT2D eigenvalue weighted by Crippen LogP contribution is -2.14. The van der Waals surface area contributed by atoms with Crippen molar-refractivity contribution in [3.05, 3.63) is 79.5 Å². The Morgan fingerprint density at radius 2 is 1.86 bits per heavy atom. The summed E-state index contributed by atoms with van der Waals surface area (Å²) in [5.74, 6) is 0. The molecule has 0 radical (unpaired) electrons. The van der Waals surface area contributed by atoms with Gasteiger partial charge in [0.1, 0.15) is 10.0 Å². The highest BCUT2D eigenvalue weighted by Gasteiger charge is 2.19. The quantitative estimate of drug-likeness (QED) is 0.181. The molecule has 4 aromatic heterocycles. The largest absolute Gasteiger partial charge is 0.357 e. The van der Waals surface area contributed by atoms with Gasteiger partial charge in [-0.3, -0.25) is 9.27 Å². The van der Waals surface area contributed by atoms with Crippen LogP contribution in [0.15, 0.2) is 52.5 Å². The molecule has 4 heterocycles. The van der Waals surface area contributed by atoms with Gasteiger partial charge in [0, 0.05) is 17.2 Å². The molecular weight excluding hydrogens is 557 g/mol. The van der Waals surface area contributed by atoms with Gasteiger partial charge in [0.25, 0.3) is 0 Å². The highest BCUT2D eigenvalue weighted by atomic mass is 32.2. The zero-order chi connectivity index (χ0) is 25.1. The van der Waals surface area contributed by atoms with Crippen molar-refractivity contribution in [3.8, 4) is 9.88 Å². The van der Waals surface area contributed by atoms with Gasteiger partial charge in [0.2, 0.25) is 5.13 Å². The van der Waals surface area contributed by atoms with E-state index in [0.29, 0.717) is 18.0 Å². The van der Waals surface area contributed by atoms with Crippen molar-refractivity contribution < 1.29 is 13.0 Å². The summed E-state index contributed by atoms with van der Waals surface area (Å²) in [6.07, 6.45) is 1.22. The average Bonchev–Trinajstić information content (AvgIpc) is 3.62. The summed E-state index contributed by atoms with van der Waals surface area (Å²) in [5.41, 5.74) is 3.11. The van der Waals surface area contributed by atoms with E-state index in [2.05, 4.69) is 25.2 Å². The maximum absolute atomic E-state index is 11.1. The van der Waals surface area contributed by atoms with Crippen LogP contribution in [0.25, 0.3) is 9.88 Å². The first-order chi connectivity index (χ1) is 17.3. The van der Waals surface area contributed by atoms with Gasteiger partial charge in [0.05, 0.1) is 33.0 Å². The molecule has 5 aromatic rings. The average molecular weight is 577 g/mol. The van der Waals surface area contributed by atoms with Crippen LogP contribution < -0.4 is 10.0 Å². The number of benzene rings is 1. The molecule has 186 valence electrons. The second-order valence-electron chi connectivity index (χ2n) is 7.77. The maximum Gasteiger partial charge on any atom is 0.357 e. The van der Waals surface area contributed by atoms with E-state index >= 15 is 0 Å². The monoisotopic (exact) mass is 576 g/mol. The zero-order valence-electron chi connectivity index (χ0n) is 18.8. The summed E-state index contributed by atoms with van der Waals surface area (Å²) >= 11 is 6.34. The molecule has 1 atom stereocenters. The Morgan fingerprint density at radius 3 is 2.56 bits per heavy atom. The fourth-order valence-corrected chi connectivity index (χ4v) is 7.00. The molecular formula is C22H20N6O3S5. The summed E-state index contributed by atoms with van der Waals surface area (Å²) < 4.78 is 33.2. The van der Waals surface area contributed by atoms with E-state index in [-0.39, 0.29) is 11.7 Å². The van der Waals surface area contributed by atoms with Crippen molar-refractivity contribution in [2.24, 2.45) is 0 Å². The fraction of sp³-hybridized carbons (Fsp3) is 0.182. The number of nitrogens with one attached hydrogen (secondary N) is 2. The predicted molar refractivity (Wildman–Crippen MR) is 147 cm³/mol. The Kier molecular flexibility index (Phi) is 7.41. The van der Waals surface area contributed by atoms with Crippen LogP contribution in [-0.2, 0) is 23.1 Å². The Labute approximate surface area is 223 Å². The van der Waals surface area contributed by atoms with Crippen molar-refractivity contribution in [2.45, 2.75) is 25.8 Å². The van der Waals surface area contributed by atoms with Crippen LogP contribution in [0.3, 0.4) is 0 Å². The van der Waals surface area contributed by atoms with Crippen molar-refractivity contribution in [2.75, 3.05) is 10.0 Å². The number of aryl methyl sites for hydroxylation is 1. The minimum atomic E-state index is -4.32. The van der Waals surface area contributed by atoms with Gasteiger partial charge in [-0.2, -0.15) is 8.42 Å². The molecule has 0 fully saturated rings. The Hall–Kier alpha value is -2.75. The first-order valence-corrected chi connectivity index (χ1v) is 15.5. The second kappa shape index (κ2) is 10.7. The zero-order valence-corrected chi connectivity index (χ0v) is 22.9. The van der Waals surface area contributed by atoms with Gasteiger partial charge in [0.15, 0.2) is 0 Å². The molecule has 0 bridgehead atoms. The molecule has 14 heteroatoms. The third-order valence-electron chi connectivity index (χ3n) is 5.01. The van der Waals surface area contributed by atoms with Crippen LogP contribution in [0.1, 0.15) is 33.0 Å². The lowest BCUT2D eigenvalue weighted by atomic mass is 10.0. The van der Waals surface area contributed by atoms with Crippen LogP contribution in [0.4, 0.5) is 10.8 Å². The molecule has 36 heavy (non-hydrogen) atoms. The molecule has 1 aromatic carbocycles. The minimum Gasteiger partial charge on any atom is -0.351 e. The number of anilines is 2. The normalized spacial score (nSPS) is 12.5. The number of nitrogens with zero attached hydrogens (tertiary/aromatic N) is 4. The van der Waals surface area contributed by atoms with Gasteiger partial charge < -0.3 is 5.32 Å². The van der Waals surface area contributed by atoms with Gasteiger partial charge in [-0.15, -0.1) is 44.2 Å². The molecule has 5 rings (SSSR count). The summed E-state index contributed by atoms with van der Waals surface area (Å²) in [6, 6.07) is 10.7. The smallest absolute Gasteiger partial charge is 0.351 e. The van der Waals surface area contributed by atoms with E-state index in [4.69, 9.17) is 9.54 Å². The van der Waals surface area contributed by atoms with Crippen LogP contribution in [-0.4, -0.2) is 33.1 Å². The molecule has 0 saturated carbocycles. The molecule has 0 unspecified atom stereocenters. The summed E-state index contributed by atoms with van der Waals surface area (Å²) in [4.78, 5) is 10.5. The maximum atomic E-state index is 11.1. The number of aromatic nitrogens is 4. The highest BCUT2D eigenvalue weighted by Crippen LogP contribution is 2.33. The minimum absolute atomic E-state index is 0.183. The van der Waals surface area contributed by atoms with E-state index in [1.165, 1.54) is 11.3 Å². The summed E-state index contributed by atoms with van der Waals surface area (Å²) in [5, 5.41) is 21.8. The summed E-state index contributed by atoms with van der Waals surface area (Å²) in [7, 11) is -4.32. The van der Waals surface area contributed by atoms with Crippen molar-refractivity contribution >= 4 is 66.5 Å². The summed E-state index contributed by atoms with van der Waals surface area (Å²) in [6.45, 7) is 1.98. The van der Waals surface area contributed by atoms with Crippen LogP contribution in [0.5, 0.6) is 0 Å². The number of hydrogen-bond donors (Lipinski definition) is 3. The highest BCUT2D eigenvalue weighted by molar-refractivity contribution is 7.87. The van der Waals surface area contributed by atoms with Gasteiger partial charge in [-0.25, -0.2) is 9.97 Å². The topological polar surface area (TPSA) is 130 Å². The van der Waals surface area contributed by atoms with Gasteiger partial charge in [-0.05, 0) is 42.5 Å². The number of thiophene rings is 1. The van der Waals surface area contributed by atoms with Crippen molar-refractivity contribution in [1.29, 1.82) is 0 Å². The third kappa shape index (κ3) is 6.52. The second-order valence-corrected chi connectivity index (χ2v) is 12.8. The lowest BCUT2D eigenvalue weighted by molar-refractivity contribution is 0.489. The Balaban J connectivity index is 1.36. The fourth-order valence-electron chi connectivity index (χ4n) is 3.46. The van der Waals surface area contributed by atoms with E-state index in [0.717, 1.165) is 36.9 Å². The molecule has 0 aliphatic rings. The van der Waals surface area contributed by atoms with Crippen LogP contribution in [0.2, 0.25) is 0 Å². The number of rotatable bonds is 10. The number of thiazole rings is 2. The first kappa shape index (κ1) is 24.9. The Bertz CT molecular complexity index is 1540. The SMILES string of the molecule is Cc1nc(Cc2nnc(N[C@@H](Cc3ccc(NS(=O)(=O)O)cc3)c3csc(-c4cccs4)n3)s2)cs1. The van der Waals surface area contributed by atoms with E-state index in [9.17, 15) is 8.42 Å². The Morgan fingerprint density at radius 1 is 1.03 bits per heavy atom. The molecule has 0 amide bonds. The molecule has 0 saturated heterocycles. The third-order valence-corrected chi connectivity index (χ3v) is 9.09. The molecule has 3 N–H and O–H groups in total. The number of hydrogen-bond acceptors (Lipinski definition) is 11. The molecule has 0 spiro atoms. The lowest BCUT2D eigenvalue weighted by Gasteiger charge is -2.16. The molecule has 0 aliphatic heterocycles.